The van der Waals surface area contributed by atoms with Crippen LogP contribution in [0.1, 0.15) is 47.0 Å². The highest BCUT2D eigenvalue weighted by atomic mass is 15.2. The largest absolute Gasteiger partial charge is 0.300 e. The fraction of sp³-hybridized carbons (Fsp3) is 0.938. The van der Waals surface area contributed by atoms with Gasteiger partial charge < -0.3 is 4.90 Å². The van der Waals surface area contributed by atoms with Gasteiger partial charge in [-0.2, -0.15) is 5.26 Å². The quantitative estimate of drug-likeness (QED) is 0.829. The van der Waals surface area contributed by atoms with Crippen molar-refractivity contribution in [2.75, 3.05) is 19.6 Å². The molecule has 3 unspecified atom stereocenters. The van der Waals surface area contributed by atoms with Crippen molar-refractivity contribution in [3.8, 4) is 6.07 Å². The summed E-state index contributed by atoms with van der Waals surface area (Å²) in [5.74, 6) is 2.14. The molecular weight excluding hydrogens is 234 g/mol. The number of rotatable bonds is 5. The Balaban J connectivity index is 2.02. The Bertz CT molecular complexity index is 342. The van der Waals surface area contributed by atoms with E-state index in [2.05, 4.69) is 44.0 Å². The van der Waals surface area contributed by atoms with Gasteiger partial charge in [-0.3, -0.25) is 5.32 Å². The summed E-state index contributed by atoms with van der Waals surface area (Å²) in [6.07, 6.45) is 3.70. The minimum Gasteiger partial charge on any atom is -0.300 e. The molecule has 1 aliphatic carbocycles. The van der Waals surface area contributed by atoms with Crippen LogP contribution in [0.3, 0.4) is 0 Å². The number of nitriles is 1. The molecule has 0 spiro atoms. The van der Waals surface area contributed by atoms with Crippen LogP contribution in [0, 0.1) is 29.1 Å². The van der Waals surface area contributed by atoms with Crippen molar-refractivity contribution in [2.45, 2.75) is 58.5 Å². The van der Waals surface area contributed by atoms with Gasteiger partial charge in [-0.1, -0.05) is 13.8 Å². The van der Waals surface area contributed by atoms with Gasteiger partial charge in [-0.25, -0.2) is 0 Å². The van der Waals surface area contributed by atoms with E-state index in [0.717, 1.165) is 31.5 Å². The summed E-state index contributed by atoms with van der Waals surface area (Å²) >= 11 is 0. The molecule has 0 amide bonds. The SMILES string of the molecule is CC(C)NC(C#N)(CN1CCC(C)C(C)C1)C1CC1. The lowest BCUT2D eigenvalue weighted by molar-refractivity contribution is 0.105. The van der Waals surface area contributed by atoms with Gasteiger partial charge in [0.05, 0.1) is 6.07 Å². The Kier molecular flexibility index (Phi) is 4.53. The molecule has 3 atom stereocenters. The highest BCUT2D eigenvalue weighted by Crippen LogP contribution is 2.40. The van der Waals surface area contributed by atoms with Crippen LogP contribution in [-0.2, 0) is 0 Å². The van der Waals surface area contributed by atoms with E-state index in [9.17, 15) is 5.26 Å². The van der Waals surface area contributed by atoms with Crippen molar-refractivity contribution in [3.63, 3.8) is 0 Å². The van der Waals surface area contributed by atoms with E-state index < -0.39 is 0 Å². The Labute approximate surface area is 118 Å². The van der Waals surface area contributed by atoms with Gasteiger partial charge in [0.2, 0.25) is 0 Å². The first-order valence-electron chi connectivity index (χ1n) is 7.88. The number of nitrogens with one attached hydrogen (secondary N) is 1. The predicted octanol–water partition coefficient (Wildman–Crippen LogP) is 2.63. The number of nitrogens with zero attached hydrogens (tertiary/aromatic N) is 2. The summed E-state index contributed by atoms with van der Waals surface area (Å²) in [7, 11) is 0. The van der Waals surface area contributed by atoms with Crippen LogP contribution in [0.2, 0.25) is 0 Å². The van der Waals surface area contributed by atoms with Crippen LogP contribution in [0.4, 0.5) is 0 Å². The molecule has 1 N–H and O–H groups in total. The Morgan fingerprint density at radius 1 is 1.26 bits per heavy atom. The van der Waals surface area contributed by atoms with Gasteiger partial charge in [0.15, 0.2) is 0 Å². The van der Waals surface area contributed by atoms with Gasteiger partial charge in [0, 0.05) is 19.1 Å². The van der Waals surface area contributed by atoms with Gasteiger partial charge in [-0.15, -0.1) is 0 Å². The third kappa shape index (κ3) is 3.49. The molecule has 2 aliphatic rings. The van der Waals surface area contributed by atoms with Gasteiger partial charge >= 0.3 is 0 Å². The molecule has 2 rings (SSSR count). The van der Waals surface area contributed by atoms with Gasteiger partial charge in [0.25, 0.3) is 0 Å². The zero-order valence-electron chi connectivity index (χ0n) is 12.9. The first kappa shape index (κ1) is 14.8. The minimum absolute atomic E-state index is 0.311. The average Bonchev–Trinajstić information content (AvgIpc) is 3.17. The molecule has 2 fully saturated rings. The molecule has 3 heteroatoms. The second kappa shape index (κ2) is 5.81. The van der Waals surface area contributed by atoms with E-state index >= 15 is 0 Å². The van der Waals surface area contributed by atoms with Crippen molar-refractivity contribution in [1.82, 2.24) is 10.2 Å². The van der Waals surface area contributed by atoms with Gasteiger partial charge in [-0.05, 0) is 57.4 Å². The molecule has 0 bridgehead atoms. The van der Waals surface area contributed by atoms with Crippen LogP contribution in [-0.4, -0.2) is 36.1 Å². The maximum Gasteiger partial charge on any atom is 0.122 e. The summed E-state index contributed by atoms with van der Waals surface area (Å²) < 4.78 is 0. The zero-order valence-corrected chi connectivity index (χ0v) is 12.9. The van der Waals surface area contributed by atoms with E-state index in [-0.39, 0.29) is 5.54 Å². The molecule has 1 heterocycles. The molecule has 0 radical (unpaired) electrons. The summed E-state index contributed by atoms with van der Waals surface area (Å²) in [6, 6.07) is 3.01. The summed E-state index contributed by atoms with van der Waals surface area (Å²) in [6.45, 7) is 12.2. The Hall–Kier alpha value is -0.590. The molecule has 0 aromatic carbocycles. The van der Waals surface area contributed by atoms with Crippen LogP contribution in [0.25, 0.3) is 0 Å². The molecule has 108 valence electrons. The fourth-order valence-corrected chi connectivity index (χ4v) is 3.39. The number of piperidine rings is 1. The summed E-state index contributed by atoms with van der Waals surface area (Å²) in [4.78, 5) is 2.52. The van der Waals surface area contributed by atoms with E-state index in [0.29, 0.717) is 12.0 Å². The first-order valence-corrected chi connectivity index (χ1v) is 7.88. The van der Waals surface area contributed by atoms with E-state index in [1.54, 1.807) is 0 Å². The van der Waals surface area contributed by atoms with Crippen LogP contribution < -0.4 is 5.32 Å². The number of hydrogen-bond acceptors (Lipinski definition) is 3. The average molecular weight is 263 g/mol. The lowest BCUT2D eigenvalue weighted by Crippen LogP contribution is -2.58. The molecule has 1 aliphatic heterocycles. The Morgan fingerprint density at radius 2 is 1.95 bits per heavy atom. The van der Waals surface area contributed by atoms with Crippen molar-refractivity contribution in [3.05, 3.63) is 0 Å². The second-order valence-corrected chi connectivity index (χ2v) is 7.13. The molecule has 0 aromatic rings. The summed E-state index contributed by atoms with van der Waals surface area (Å²) in [5, 5.41) is 13.3. The van der Waals surface area contributed by atoms with Crippen LogP contribution in [0.5, 0.6) is 0 Å². The third-order valence-electron chi connectivity index (χ3n) is 4.91. The maximum atomic E-state index is 9.75. The number of likely N-dealkylation sites (tertiary alicyclic amines) is 1. The second-order valence-electron chi connectivity index (χ2n) is 7.13. The smallest absolute Gasteiger partial charge is 0.122 e. The van der Waals surface area contributed by atoms with E-state index in [1.165, 1.54) is 19.3 Å². The standard InChI is InChI=1S/C16H29N3/c1-12(2)18-16(10-17,15-5-6-15)11-19-8-7-13(3)14(4)9-19/h12-15,18H,5-9,11H2,1-4H3. The van der Waals surface area contributed by atoms with Crippen LogP contribution in [0.15, 0.2) is 0 Å². The molecular formula is C16H29N3. The molecule has 19 heavy (non-hydrogen) atoms. The number of hydrogen-bond donors (Lipinski definition) is 1. The first-order chi connectivity index (χ1) is 8.97. The molecule has 0 aromatic heterocycles. The van der Waals surface area contributed by atoms with E-state index in [1.807, 2.05) is 0 Å². The van der Waals surface area contributed by atoms with Crippen molar-refractivity contribution >= 4 is 0 Å². The third-order valence-corrected chi connectivity index (χ3v) is 4.91. The highest BCUT2D eigenvalue weighted by Gasteiger charge is 2.47. The molecule has 1 saturated heterocycles. The van der Waals surface area contributed by atoms with Crippen LogP contribution >= 0.6 is 0 Å². The summed E-state index contributed by atoms with van der Waals surface area (Å²) in [5.41, 5.74) is -0.311. The molecule has 3 nitrogen and oxygen atoms in total. The maximum absolute atomic E-state index is 9.75. The predicted molar refractivity (Wildman–Crippen MR) is 78.7 cm³/mol. The van der Waals surface area contributed by atoms with Gasteiger partial charge in [0.1, 0.15) is 5.54 Å². The van der Waals surface area contributed by atoms with Crippen molar-refractivity contribution in [2.24, 2.45) is 17.8 Å². The highest BCUT2D eigenvalue weighted by molar-refractivity contribution is 5.17. The minimum atomic E-state index is -0.311. The normalized spacial score (nSPS) is 32.0. The Morgan fingerprint density at radius 3 is 2.42 bits per heavy atom. The lowest BCUT2D eigenvalue weighted by atomic mass is 9.86. The van der Waals surface area contributed by atoms with Crippen molar-refractivity contribution in [1.29, 1.82) is 5.26 Å². The monoisotopic (exact) mass is 263 g/mol. The zero-order chi connectivity index (χ0) is 14.0. The lowest BCUT2D eigenvalue weighted by Gasteiger charge is -2.41. The topological polar surface area (TPSA) is 39.1 Å². The van der Waals surface area contributed by atoms with Crippen molar-refractivity contribution < 1.29 is 0 Å². The fourth-order valence-electron chi connectivity index (χ4n) is 3.39. The van der Waals surface area contributed by atoms with E-state index in [4.69, 9.17) is 0 Å². The molecule has 1 saturated carbocycles.